The first kappa shape index (κ1) is 21.8. The molecule has 156 valence electrons. The van der Waals surface area contributed by atoms with E-state index < -0.39 is 17.8 Å². The molecule has 2 rings (SSSR count). The Morgan fingerprint density at radius 1 is 1.25 bits per heavy atom. The Labute approximate surface area is 162 Å². The summed E-state index contributed by atoms with van der Waals surface area (Å²) in [5.74, 6) is -0.653. The van der Waals surface area contributed by atoms with Crippen LogP contribution in [0.25, 0.3) is 0 Å². The first-order valence-corrected chi connectivity index (χ1v) is 9.15. The Morgan fingerprint density at radius 2 is 1.86 bits per heavy atom. The van der Waals surface area contributed by atoms with Crippen LogP contribution in [0, 0.1) is 5.92 Å². The van der Waals surface area contributed by atoms with E-state index in [2.05, 4.69) is 5.32 Å². The van der Waals surface area contributed by atoms with E-state index in [4.69, 9.17) is 4.74 Å². The number of carbonyl (C=O) groups excluding carboxylic acids is 2. The van der Waals surface area contributed by atoms with Gasteiger partial charge in [-0.15, -0.1) is 0 Å². The minimum Gasteiger partial charge on any atom is -0.491 e. The number of rotatable bonds is 5. The maximum absolute atomic E-state index is 13.0. The summed E-state index contributed by atoms with van der Waals surface area (Å²) in [5, 5.41) is 2.79. The van der Waals surface area contributed by atoms with E-state index >= 15 is 0 Å². The van der Waals surface area contributed by atoms with E-state index in [1.54, 1.807) is 25.9 Å². The van der Waals surface area contributed by atoms with Crippen LogP contribution in [-0.4, -0.2) is 61.6 Å². The van der Waals surface area contributed by atoms with Gasteiger partial charge in [0.05, 0.1) is 11.6 Å². The third-order valence-electron chi connectivity index (χ3n) is 4.59. The molecule has 1 saturated heterocycles. The van der Waals surface area contributed by atoms with E-state index in [1.807, 2.05) is 0 Å². The van der Waals surface area contributed by atoms with Crippen molar-refractivity contribution in [2.24, 2.45) is 5.92 Å². The van der Waals surface area contributed by atoms with Crippen molar-refractivity contribution in [2.75, 3.05) is 33.8 Å². The summed E-state index contributed by atoms with van der Waals surface area (Å²) in [7, 11) is 3.36. The fourth-order valence-corrected chi connectivity index (χ4v) is 3.06. The average Bonchev–Trinajstić information content (AvgIpc) is 2.65. The molecule has 0 spiro atoms. The SMILES string of the molecule is CC(COc1ccccc1C(F)(F)F)NC(=O)C1CCN(C(=O)N(C)C)CC1. The zero-order valence-corrected chi connectivity index (χ0v) is 16.3. The van der Waals surface area contributed by atoms with Gasteiger partial charge in [0.15, 0.2) is 0 Å². The summed E-state index contributed by atoms with van der Waals surface area (Å²) in [6.07, 6.45) is -3.40. The number of benzene rings is 1. The second kappa shape index (κ2) is 9.16. The molecule has 1 N–H and O–H groups in total. The number of ether oxygens (including phenoxy) is 1. The van der Waals surface area contributed by atoms with Gasteiger partial charge >= 0.3 is 12.2 Å². The van der Waals surface area contributed by atoms with Crippen molar-refractivity contribution < 1.29 is 27.5 Å². The van der Waals surface area contributed by atoms with Crippen molar-refractivity contribution in [3.8, 4) is 5.75 Å². The molecule has 1 aliphatic heterocycles. The topological polar surface area (TPSA) is 61.9 Å². The van der Waals surface area contributed by atoms with Crippen LogP contribution in [0.1, 0.15) is 25.3 Å². The largest absolute Gasteiger partial charge is 0.491 e. The van der Waals surface area contributed by atoms with Gasteiger partial charge in [-0.05, 0) is 31.9 Å². The van der Waals surface area contributed by atoms with Crippen LogP contribution in [0.4, 0.5) is 18.0 Å². The Morgan fingerprint density at radius 3 is 2.43 bits per heavy atom. The summed E-state index contributed by atoms with van der Waals surface area (Å²) in [6.45, 7) is 2.60. The Kier molecular flexibility index (Phi) is 7.15. The summed E-state index contributed by atoms with van der Waals surface area (Å²) < 4.78 is 44.2. The first-order valence-electron chi connectivity index (χ1n) is 9.15. The van der Waals surface area contributed by atoms with Crippen LogP contribution in [0.3, 0.4) is 0 Å². The predicted molar refractivity (Wildman–Crippen MR) is 97.9 cm³/mol. The van der Waals surface area contributed by atoms with Crippen LogP contribution >= 0.6 is 0 Å². The molecule has 1 aromatic carbocycles. The molecular formula is C19H26F3N3O3. The number of nitrogens with zero attached hydrogens (tertiary/aromatic N) is 2. The number of para-hydroxylation sites is 1. The highest BCUT2D eigenvalue weighted by molar-refractivity contribution is 5.79. The fourth-order valence-electron chi connectivity index (χ4n) is 3.06. The molecule has 3 amide bonds. The number of nitrogens with one attached hydrogen (secondary N) is 1. The molecule has 6 nitrogen and oxygen atoms in total. The highest BCUT2D eigenvalue weighted by Gasteiger charge is 2.34. The van der Waals surface area contributed by atoms with Crippen molar-refractivity contribution >= 4 is 11.9 Å². The van der Waals surface area contributed by atoms with Gasteiger partial charge in [-0.3, -0.25) is 4.79 Å². The predicted octanol–water partition coefficient (Wildman–Crippen LogP) is 2.98. The van der Waals surface area contributed by atoms with E-state index in [1.165, 1.54) is 23.1 Å². The van der Waals surface area contributed by atoms with Gasteiger partial charge in [0.1, 0.15) is 12.4 Å². The minimum atomic E-state index is -4.50. The number of alkyl halides is 3. The fraction of sp³-hybridized carbons (Fsp3) is 0.579. The highest BCUT2D eigenvalue weighted by atomic mass is 19.4. The quantitative estimate of drug-likeness (QED) is 0.825. The summed E-state index contributed by atoms with van der Waals surface area (Å²) in [6, 6.07) is 4.46. The molecule has 1 aromatic rings. The van der Waals surface area contributed by atoms with E-state index in [-0.39, 0.29) is 30.2 Å². The zero-order valence-electron chi connectivity index (χ0n) is 16.3. The first-order chi connectivity index (χ1) is 13.1. The molecule has 0 bridgehead atoms. The second-order valence-corrected chi connectivity index (χ2v) is 7.15. The molecule has 1 fully saturated rings. The standard InChI is InChI=1S/C19H26F3N3O3/c1-13(12-28-16-7-5-4-6-15(16)19(20,21)22)23-17(26)14-8-10-25(11-9-14)18(27)24(2)3/h4-7,13-14H,8-12H2,1-3H3,(H,23,26). The number of piperidine rings is 1. The molecule has 0 radical (unpaired) electrons. The number of amides is 3. The Hall–Kier alpha value is -2.45. The number of halogens is 3. The van der Waals surface area contributed by atoms with Crippen LogP contribution in [0.2, 0.25) is 0 Å². The Balaban J connectivity index is 1.82. The molecule has 1 atom stereocenters. The van der Waals surface area contributed by atoms with E-state index in [9.17, 15) is 22.8 Å². The van der Waals surface area contributed by atoms with Crippen molar-refractivity contribution in [1.82, 2.24) is 15.1 Å². The number of hydrogen-bond acceptors (Lipinski definition) is 3. The van der Waals surface area contributed by atoms with Gasteiger partial charge in [-0.25, -0.2) is 4.79 Å². The average molecular weight is 401 g/mol. The molecule has 9 heteroatoms. The summed E-state index contributed by atoms with van der Waals surface area (Å²) in [4.78, 5) is 27.5. The highest BCUT2D eigenvalue weighted by Crippen LogP contribution is 2.35. The number of likely N-dealkylation sites (tertiary alicyclic amines) is 1. The lowest BCUT2D eigenvalue weighted by Gasteiger charge is -2.33. The van der Waals surface area contributed by atoms with Gasteiger partial charge in [0.25, 0.3) is 0 Å². The van der Waals surface area contributed by atoms with Gasteiger partial charge in [0.2, 0.25) is 5.91 Å². The summed E-state index contributed by atoms with van der Waals surface area (Å²) >= 11 is 0. The van der Waals surface area contributed by atoms with E-state index in [0.717, 1.165) is 6.07 Å². The van der Waals surface area contributed by atoms with Gasteiger partial charge in [-0.1, -0.05) is 12.1 Å². The van der Waals surface area contributed by atoms with Gasteiger partial charge in [-0.2, -0.15) is 13.2 Å². The number of hydrogen-bond donors (Lipinski definition) is 1. The lowest BCUT2D eigenvalue weighted by Crippen LogP contribution is -2.48. The number of carbonyl (C=O) groups is 2. The zero-order chi connectivity index (χ0) is 20.9. The van der Waals surface area contributed by atoms with Crippen LogP contribution < -0.4 is 10.1 Å². The maximum Gasteiger partial charge on any atom is 0.419 e. The normalized spacial score (nSPS) is 16.4. The van der Waals surface area contributed by atoms with Crippen LogP contribution in [0.5, 0.6) is 5.75 Å². The molecule has 0 saturated carbocycles. The third kappa shape index (κ3) is 5.77. The molecular weight excluding hydrogens is 375 g/mol. The van der Waals surface area contributed by atoms with Crippen molar-refractivity contribution in [2.45, 2.75) is 32.0 Å². The molecule has 28 heavy (non-hydrogen) atoms. The van der Waals surface area contributed by atoms with Gasteiger partial charge in [0, 0.05) is 33.1 Å². The van der Waals surface area contributed by atoms with Gasteiger partial charge < -0.3 is 19.9 Å². The smallest absolute Gasteiger partial charge is 0.419 e. The van der Waals surface area contributed by atoms with Crippen molar-refractivity contribution in [1.29, 1.82) is 0 Å². The maximum atomic E-state index is 13.0. The van der Waals surface area contributed by atoms with E-state index in [0.29, 0.717) is 25.9 Å². The number of urea groups is 1. The Bertz CT molecular complexity index is 686. The monoisotopic (exact) mass is 401 g/mol. The third-order valence-corrected chi connectivity index (χ3v) is 4.59. The molecule has 1 heterocycles. The molecule has 1 unspecified atom stereocenters. The lowest BCUT2D eigenvalue weighted by molar-refractivity contribution is -0.139. The lowest BCUT2D eigenvalue weighted by atomic mass is 9.96. The van der Waals surface area contributed by atoms with Crippen LogP contribution in [0.15, 0.2) is 24.3 Å². The molecule has 0 aliphatic carbocycles. The van der Waals surface area contributed by atoms with Crippen molar-refractivity contribution in [3.05, 3.63) is 29.8 Å². The van der Waals surface area contributed by atoms with Crippen LogP contribution in [-0.2, 0) is 11.0 Å². The molecule has 0 aromatic heterocycles. The second-order valence-electron chi connectivity index (χ2n) is 7.15. The summed E-state index contributed by atoms with van der Waals surface area (Å²) in [5.41, 5.74) is -0.841. The molecule has 1 aliphatic rings. The van der Waals surface area contributed by atoms with Crippen molar-refractivity contribution in [3.63, 3.8) is 0 Å². The minimum absolute atomic E-state index is 0.0726.